The molecule has 0 saturated carbocycles. The van der Waals surface area contributed by atoms with Crippen molar-refractivity contribution < 1.29 is 13.9 Å². The van der Waals surface area contributed by atoms with Gasteiger partial charge in [0.2, 0.25) is 0 Å². The molecule has 3 rings (SSSR count). The van der Waals surface area contributed by atoms with Crippen molar-refractivity contribution in [3.05, 3.63) is 53.5 Å². The fourth-order valence-corrected chi connectivity index (χ4v) is 2.86. The Labute approximate surface area is 152 Å². The smallest absolute Gasteiger partial charge is 0.254 e. The van der Waals surface area contributed by atoms with Crippen molar-refractivity contribution in [2.75, 3.05) is 45.2 Å². The summed E-state index contributed by atoms with van der Waals surface area (Å²) in [6, 6.07) is 8.01. The number of nitrogens with zero attached hydrogens (tertiary/aromatic N) is 3. The summed E-state index contributed by atoms with van der Waals surface area (Å²) in [7, 11) is 3.56. The number of hydrogen-bond acceptors (Lipinski definition) is 5. The number of nitrogens with one attached hydrogen (secondary N) is 1. The molecule has 0 bridgehead atoms. The van der Waals surface area contributed by atoms with E-state index < -0.39 is 11.7 Å². The number of pyridine rings is 1. The van der Waals surface area contributed by atoms with E-state index in [1.54, 1.807) is 12.3 Å². The Morgan fingerprint density at radius 1 is 1.23 bits per heavy atom. The maximum Gasteiger partial charge on any atom is 0.254 e. The lowest BCUT2D eigenvalue weighted by atomic mass is 10.1. The number of amides is 1. The van der Waals surface area contributed by atoms with Crippen LogP contribution in [0.1, 0.15) is 15.9 Å². The average Bonchev–Trinajstić information content (AvgIpc) is 2.66. The van der Waals surface area contributed by atoms with E-state index in [4.69, 9.17) is 4.74 Å². The van der Waals surface area contributed by atoms with E-state index in [1.807, 2.05) is 12.1 Å². The molecule has 1 aliphatic heterocycles. The standard InChI is InChI=1S/C19H23FN4O2/c1-23-7-9-24(10-8-23)18-11-14(5-6-21-18)13-22-19(25)16-4-3-15(26-2)12-17(16)20/h3-6,11-12H,7-10,13H2,1-2H3,(H,22,25). The normalized spacial score (nSPS) is 15.0. The van der Waals surface area contributed by atoms with Gasteiger partial charge >= 0.3 is 0 Å². The van der Waals surface area contributed by atoms with Crippen LogP contribution in [-0.4, -0.2) is 56.1 Å². The molecule has 1 amide bonds. The molecule has 2 aromatic rings. The first-order chi connectivity index (χ1) is 12.6. The lowest BCUT2D eigenvalue weighted by Crippen LogP contribution is -2.44. The number of halogens is 1. The minimum atomic E-state index is -0.602. The highest BCUT2D eigenvalue weighted by atomic mass is 19.1. The van der Waals surface area contributed by atoms with Crippen LogP contribution in [0.4, 0.5) is 10.2 Å². The molecule has 138 valence electrons. The van der Waals surface area contributed by atoms with Crippen LogP contribution in [0.2, 0.25) is 0 Å². The maximum atomic E-state index is 14.0. The molecule has 0 spiro atoms. The third kappa shape index (κ3) is 4.29. The van der Waals surface area contributed by atoms with Gasteiger partial charge in [0.1, 0.15) is 17.4 Å². The van der Waals surface area contributed by atoms with E-state index in [0.717, 1.165) is 37.6 Å². The Bertz CT molecular complexity index is 776. The Kier molecular flexibility index (Phi) is 5.68. The second kappa shape index (κ2) is 8.14. The highest BCUT2D eigenvalue weighted by Gasteiger charge is 2.16. The summed E-state index contributed by atoms with van der Waals surface area (Å²) in [6.07, 6.45) is 1.74. The topological polar surface area (TPSA) is 57.7 Å². The van der Waals surface area contributed by atoms with E-state index in [9.17, 15) is 9.18 Å². The first-order valence-electron chi connectivity index (χ1n) is 8.57. The highest BCUT2D eigenvalue weighted by Crippen LogP contribution is 2.17. The molecule has 1 aromatic carbocycles. The number of benzene rings is 1. The lowest BCUT2D eigenvalue weighted by molar-refractivity contribution is 0.0947. The van der Waals surface area contributed by atoms with Crippen LogP contribution in [0.15, 0.2) is 36.5 Å². The molecule has 1 N–H and O–H groups in total. The largest absolute Gasteiger partial charge is 0.497 e. The Hall–Kier alpha value is -2.67. The number of rotatable bonds is 5. The zero-order chi connectivity index (χ0) is 18.5. The number of likely N-dealkylation sites (N-methyl/N-ethyl adjacent to an activating group) is 1. The Morgan fingerprint density at radius 2 is 2.00 bits per heavy atom. The molecule has 7 heteroatoms. The number of aromatic nitrogens is 1. The summed E-state index contributed by atoms with van der Waals surface area (Å²) in [5, 5.41) is 2.76. The van der Waals surface area contributed by atoms with Crippen LogP contribution >= 0.6 is 0 Å². The van der Waals surface area contributed by atoms with Gasteiger partial charge in [0.25, 0.3) is 5.91 Å². The van der Waals surface area contributed by atoms with E-state index in [0.29, 0.717) is 12.3 Å². The number of hydrogen-bond donors (Lipinski definition) is 1. The molecule has 1 fully saturated rings. The minimum Gasteiger partial charge on any atom is -0.497 e. The van der Waals surface area contributed by atoms with Crippen molar-refractivity contribution in [3.8, 4) is 5.75 Å². The van der Waals surface area contributed by atoms with Crippen molar-refractivity contribution in [3.63, 3.8) is 0 Å². The molecule has 0 radical (unpaired) electrons. The van der Waals surface area contributed by atoms with Crippen LogP contribution in [-0.2, 0) is 6.54 Å². The lowest BCUT2D eigenvalue weighted by Gasteiger charge is -2.33. The third-order valence-corrected chi connectivity index (χ3v) is 4.51. The zero-order valence-electron chi connectivity index (χ0n) is 15.0. The van der Waals surface area contributed by atoms with E-state index in [-0.39, 0.29) is 5.56 Å². The maximum absolute atomic E-state index is 14.0. The molecule has 0 atom stereocenters. The van der Waals surface area contributed by atoms with Crippen molar-refractivity contribution >= 4 is 11.7 Å². The Balaban J connectivity index is 1.63. The molecule has 1 aromatic heterocycles. The molecular formula is C19H23FN4O2. The minimum absolute atomic E-state index is 0.000790. The van der Waals surface area contributed by atoms with Crippen molar-refractivity contribution in [1.29, 1.82) is 0 Å². The first kappa shape index (κ1) is 18.1. The van der Waals surface area contributed by atoms with E-state index >= 15 is 0 Å². The summed E-state index contributed by atoms with van der Waals surface area (Å²) in [5.41, 5.74) is 0.926. The third-order valence-electron chi connectivity index (χ3n) is 4.51. The summed E-state index contributed by atoms with van der Waals surface area (Å²) < 4.78 is 18.9. The number of anilines is 1. The SMILES string of the molecule is COc1ccc(C(=O)NCc2ccnc(N3CCN(C)CC3)c2)c(F)c1. The zero-order valence-corrected chi connectivity index (χ0v) is 15.0. The van der Waals surface area contributed by atoms with Gasteiger partial charge in [0, 0.05) is 45.0 Å². The second-order valence-corrected chi connectivity index (χ2v) is 6.34. The molecule has 0 aliphatic carbocycles. The van der Waals surface area contributed by atoms with Gasteiger partial charge in [-0.05, 0) is 36.9 Å². The quantitative estimate of drug-likeness (QED) is 0.885. The Morgan fingerprint density at radius 3 is 2.69 bits per heavy atom. The van der Waals surface area contributed by atoms with Crippen molar-refractivity contribution in [1.82, 2.24) is 15.2 Å². The molecule has 1 aliphatic rings. The number of piperazine rings is 1. The van der Waals surface area contributed by atoms with Gasteiger partial charge in [-0.3, -0.25) is 4.79 Å². The number of ether oxygens (including phenoxy) is 1. The molecule has 1 saturated heterocycles. The van der Waals surface area contributed by atoms with Crippen molar-refractivity contribution in [2.24, 2.45) is 0 Å². The van der Waals surface area contributed by atoms with Crippen LogP contribution < -0.4 is 15.0 Å². The second-order valence-electron chi connectivity index (χ2n) is 6.34. The van der Waals surface area contributed by atoms with Gasteiger partial charge in [0.05, 0.1) is 12.7 Å². The predicted molar refractivity (Wildman–Crippen MR) is 98.1 cm³/mol. The number of carbonyl (C=O) groups excluding carboxylic acids is 1. The van der Waals surface area contributed by atoms with Gasteiger partial charge in [-0.25, -0.2) is 9.37 Å². The monoisotopic (exact) mass is 358 g/mol. The summed E-state index contributed by atoms with van der Waals surface area (Å²) in [5.74, 6) is 0.225. The fraction of sp³-hybridized carbons (Fsp3) is 0.368. The number of methoxy groups -OCH3 is 1. The van der Waals surface area contributed by atoms with Gasteiger partial charge in [-0.15, -0.1) is 0 Å². The molecule has 2 heterocycles. The van der Waals surface area contributed by atoms with Crippen LogP contribution in [0.25, 0.3) is 0 Å². The molecular weight excluding hydrogens is 335 g/mol. The van der Waals surface area contributed by atoms with Gasteiger partial charge in [-0.1, -0.05) is 0 Å². The van der Waals surface area contributed by atoms with Gasteiger partial charge < -0.3 is 19.9 Å². The van der Waals surface area contributed by atoms with Crippen LogP contribution in [0.3, 0.4) is 0 Å². The first-order valence-corrected chi connectivity index (χ1v) is 8.57. The summed E-state index contributed by atoms with van der Waals surface area (Å²) in [6.45, 7) is 4.17. The summed E-state index contributed by atoms with van der Waals surface area (Å²) in [4.78, 5) is 21.2. The van der Waals surface area contributed by atoms with Crippen LogP contribution in [0, 0.1) is 5.82 Å². The average molecular weight is 358 g/mol. The molecule has 26 heavy (non-hydrogen) atoms. The van der Waals surface area contributed by atoms with Crippen molar-refractivity contribution in [2.45, 2.75) is 6.54 Å². The van der Waals surface area contributed by atoms with E-state index in [1.165, 1.54) is 19.2 Å². The highest BCUT2D eigenvalue weighted by molar-refractivity contribution is 5.94. The number of carbonyl (C=O) groups is 1. The van der Waals surface area contributed by atoms with Crippen LogP contribution in [0.5, 0.6) is 5.75 Å². The van der Waals surface area contributed by atoms with E-state index in [2.05, 4.69) is 27.1 Å². The molecule has 0 unspecified atom stereocenters. The van der Waals surface area contributed by atoms with Gasteiger partial charge in [-0.2, -0.15) is 0 Å². The summed E-state index contributed by atoms with van der Waals surface area (Å²) >= 11 is 0. The molecule has 6 nitrogen and oxygen atoms in total. The predicted octanol–water partition coefficient (Wildman–Crippen LogP) is 1.91. The van der Waals surface area contributed by atoms with Gasteiger partial charge in [0.15, 0.2) is 0 Å². The fourth-order valence-electron chi connectivity index (χ4n) is 2.86.